The van der Waals surface area contributed by atoms with Crippen LogP contribution in [0, 0.1) is 5.92 Å². The second-order valence-corrected chi connectivity index (χ2v) is 5.49. The molecule has 1 unspecified atom stereocenters. The number of aromatic nitrogens is 2. The summed E-state index contributed by atoms with van der Waals surface area (Å²) >= 11 is 0. The van der Waals surface area contributed by atoms with Gasteiger partial charge in [-0.15, -0.1) is 0 Å². The standard InChI is InChI=1S/C14H23N3O2/c1-10(2)14-15-7-13(12(9-19)16-14)17-5-3-11(8-17)4-6-18/h7,10-11,18-19H,3-6,8-9H2,1-2H3. The molecular formula is C14H23N3O2. The topological polar surface area (TPSA) is 69.5 Å². The van der Waals surface area contributed by atoms with E-state index in [0.717, 1.165) is 37.4 Å². The van der Waals surface area contributed by atoms with E-state index < -0.39 is 0 Å². The molecule has 1 aromatic rings. The molecule has 5 heteroatoms. The fourth-order valence-corrected chi connectivity index (χ4v) is 2.55. The predicted molar refractivity (Wildman–Crippen MR) is 74.1 cm³/mol. The highest BCUT2D eigenvalue weighted by Gasteiger charge is 2.24. The van der Waals surface area contributed by atoms with Crippen molar-refractivity contribution in [2.75, 3.05) is 24.6 Å². The summed E-state index contributed by atoms with van der Waals surface area (Å²) in [6.45, 7) is 6.14. The van der Waals surface area contributed by atoms with Crippen LogP contribution in [0.4, 0.5) is 5.69 Å². The lowest BCUT2D eigenvalue weighted by Crippen LogP contribution is -2.22. The van der Waals surface area contributed by atoms with Crippen LogP contribution in [-0.2, 0) is 6.61 Å². The van der Waals surface area contributed by atoms with Crippen LogP contribution in [0.15, 0.2) is 6.20 Å². The van der Waals surface area contributed by atoms with Gasteiger partial charge in [-0.3, -0.25) is 0 Å². The van der Waals surface area contributed by atoms with Crippen LogP contribution in [-0.4, -0.2) is 39.9 Å². The summed E-state index contributed by atoms with van der Waals surface area (Å²) in [5.74, 6) is 1.57. The first-order valence-electron chi connectivity index (χ1n) is 6.98. The largest absolute Gasteiger partial charge is 0.396 e. The fourth-order valence-electron chi connectivity index (χ4n) is 2.55. The molecule has 0 bridgehead atoms. The number of aliphatic hydroxyl groups excluding tert-OH is 2. The Morgan fingerprint density at radius 3 is 2.84 bits per heavy atom. The summed E-state index contributed by atoms with van der Waals surface area (Å²) < 4.78 is 0. The molecule has 2 rings (SSSR count). The summed E-state index contributed by atoms with van der Waals surface area (Å²) in [6, 6.07) is 0. The second-order valence-electron chi connectivity index (χ2n) is 5.49. The molecule has 1 aliphatic rings. The summed E-state index contributed by atoms with van der Waals surface area (Å²) in [4.78, 5) is 11.1. The van der Waals surface area contributed by atoms with Crippen LogP contribution in [0.25, 0.3) is 0 Å². The van der Waals surface area contributed by atoms with Crippen LogP contribution in [0.3, 0.4) is 0 Å². The van der Waals surface area contributed by atoms with Gasteiger partial charge in [0.1, 0.15) is 5.82 Å². The molecule has 1 aliphatic heterocycles. The molecular weight excluding hydrogens is 242 g/mol. The Hall–Kier alpha value is -1.20. The summed E-state index contributed by atoms with van der Waals surface area (Å²) in [5, 5.41) is 18.5. The number of rotatable bonds is 5. The van der Waals surface area contributed by atoms with Crippen LogP contribution in [0.2, 0.25) is 0 Å². The van der Waals surface area contributed by atoms with Gasteiger partial charge in [-0.25, -0.2) is 9.97 Å². The molecule has 0 amide bonds. The number of hydrogen-bond donors (Lipinski definition) is 2. The van der Waals surface area contributed by atoms with Gasteiger partial charge in [0.05, 0.1) is 24.2 Å². The molecule has 2 N–H and O–H groups in total. The minimum Gasteiger partial charge on any atom is -0.396 e. The van der Waals surface area contributed by atoms with Crippen molar-refractivity contribution in [1.29, 1.82) is 0 Å². The highest BCUT2D eigenvalue weighted by atomic mass is 16.3. The highest BCUT2D eigenvalue weighted by molar-refractivity contribution is 5.49. The first kappa shape index (κ1) is 14.2. The van der Waals surface area contributed by atoms with Crippen molar-refractivity contribution in [2.24, 2.45) is 5.92 Å². The van der Waals surface area contributed by atoms with Crippen molar-refractivity contribution < 1.29 is 10.2 Å². The van der Waals surface area contributed by atoms with Gasteiger partial charge in [-0.05, 0) is 18.8 Å². The average Bonchev–Trinajstić information content (AvgIpc) is 2.86. The Bertz CT molecular complexity index is 423. The maximum Gasteiger partial charge on any atom is 0.131 e. The molecule has 106 valence electrons. The van der Waals surface area contributed by atoms with Crippen LogP contribution in [0.5, 0.6) is 0 Å². The van der Waals surface area contributed by atoms with Crippen LogP contribution >= 0.6 is 0 Å². The van der Waals surface area contributed by atoms with Crippen molar-refractivity contribution >= 4 is 5.69 Å². The third-order valence-corrected chi connectivity index (χ3v) is 3.69. The molecule has 0 aliphatic carbocycles. The zero-order valence-corrected chi connectivity index (χ0v) is 11.7. The summed E-state index contributed by atoms with van der Waals surface area (Å²) in [6.07, 6.45) is 3.75. The molecule has 0 spiro atoms. The molecule has 0 radical (unpaired) electrons. The number of anilines is 1. The average molecular weight is 265 g/mol. The maximum atomic E-state index is 9.50. The SMILES string of the molecule is CC(C)c1ncc(N2CCC(CCO)C2)c(CO)n1. The zero-order chi connectivity index (χ0) is 13.8. The molecule has 1 saturated heterocycles. The first-order chi connectivity index (χ1) is 9.15. The predicted octanol–water partition coefficient (Wildman–Crippen LogP) is 1.30. The monoisotopic (exact) mass is 265 g/mol. The molecule has 1 fully saturated rings. The molecule has 19 heavy (non-hydrogen) atoms. The van der Waals surface area contributed by atoms with Gasteiger partial charge in [0.2, 0.25) is 0 Å². The third-order valence-electron chi connectivity index (χ3n) is 3.69. The number of aliphatic hydroxyl groups is 2. The Morgan fingerprint density at radius 1 is 1.42 bits per heavy atom. The van der Waals surface area contributed by atoms with E-state index in [4.69, 9.17) is 5.11 Å². The zero-order valence-electron chi connectivity index (χ0n) is 11.7. The second kappa shape index (κ2) is 6.30. The third kappa shape index (κ3) is 3.22. The Balaban J connectivity index is 2.16. The van der Waals surface area contributed by atoms with Gasteiger partial charge in [-0.1, -0.05) is 13.8 Å². The van der Waals surface area contributed by atoms with E-state index in [1.165, 1.54) is 0 Å². The number of hydrogen-bond acceptors (Lipinski definition) is 5. The van der Waals surface area contributed by atoms with Gasteiger partial charge in [0.15, 0.2) is 0 Å². The Labute approximate surface area is 114 Å². The van der Waals surface area contributed by atoms with E-state index in [1.54, 1.807) is 0 Å². The number of nitrogens with zero attached hydrogens (tertiary/aromatic N) is 3. The molecule has 0 saturated carbocycles. The molecule has 5 nitrogen and oxygen atoms in total. The fraction of sp³-hybridized carbons (Fsp3) is 0.714. The Morgan fingerprint density at radius 2 is 2.21 bits per heavy atom. The lowest BCUT2D eigenvalue weighted by atomic mass is 10.1. The minimum atomic E-state index is -0.0568. The molecule has 1 atom stereocenters. The molecule has 0 aromatic carbocycles. The molecule has 2 heterocycles. The molecule has 1 aromatic heterocycles. The normalized spacial score (nSPS) is 19.4. The van der Waals surface area contributed by atoms with Crippen molar-refractivity contribution in [3.8, 4) is 0 Å². The van der Waals surface area contributed by atoms with E-state index in [1.807, 2.05) is 20.0 Å². The van der Waals surface area contributed by atoms with E-state index in [2.05, 4.69) is 14.9 Å². The Kier molecular flexibility index (Phi) is 4.71. The van der Waals surface area contributed by atoms with E-state index in [9.17, 15) is 5.11 Å². The van der Waals surface area contributed by atoms with Gasteiger partial charge in [0, 0.05) is 25.6 Å². The van der Waals surface area contributed by atoms with Gasteiger partial charge < -0.3 is 15.1 Å². The minimum absolute atomic E-state index is 0.0568. The lowest BCUT2D eigenvalue weighted by molar-refractivity contribution is 0.263. The van der Waals surface area contributed by atoms with Crippen LogP contribution < -0.4 is 4.90 Å². The van der Waals surface area contributed by atoms with Crippen molar-refractivity contribution in [3.63, 3.8) is 0 Å². The van der Waals surface area contributed by atoms with Crippen LogP contribution in [0.1, 0.15) is 44.1 Å². The van der Waals surface area contributed by atoms with Gasteiger partial charge in [0.25, 0.3) is 0 Å². The van der Waals surface area contributed by atoms with E-state index in [0.29, 0.717) is 11.6 Å². The van der Waals surface area contributed by atoms with Crippen molar-refractivity contribution in [3.05, 3.63) is 17.7 Å². The van der Waals surface area contributed by atoms with E-state index >= 15 is 0 Å². The van der Waals surface area contributed by atoms with Crippen molar-refractivity contribution in [2.45, 2.75) is 39.2 Å². The maximum absolute atomic E-state index is 9.50. The quantitative estimate of drug-likeness (QED) is 0.840. The van der Waals surface area contributed by atoms with Gasteiger partial charge >= 0.3 is 0 Å². The van der Waals surface area contributed by atoms with E-state index in [-0.39, 0.29) is 19.1 Å². The highest BCUT2D eigenvalue weighted by Crippen LogP contribution is 2.28. The first-order valence-corrected chi connectivity index (χ1v) is 6.98. The van der Waals surface area contributed by atoms with Crippen molar-refractivity contribution in [1.82, 2.24) is 9.97 Å². The summed E-state index contributed by atoms with van der Waals surface area (Å²) in [7, 11) is 0. The summed E-state index contributed by atoms with van der Waals surface area (Å²) in [5.41, 5.74) is 1.65. The van der Waals surface area contributed by atoms with Gasteiger partial charge in [-0.2, -0.15) is 0 Å². The lowest BCUT2D eigenvalue weighted by Gasteiger charge is -2.21. The smallest absolute Gasteiger partial charge is 0.131 e.